The number of ether oxygens (including phenoxy) is 1. The second-order valence-electron chi connectivity index (χ2n) is 9.35. The van der Waals surface area contributed by atoms with Crippen LogP contribution in [-0.4, -0.2) is 36.3 Å². The van der Waals surface area contributed by atoms with Crippen LogP contribution in [0.2, 0.25) is 5.02 Å². The van der Waals surface area contributed by atoms with Crippen molar-refractivity contribution < 1.29 is 13.5 Å². The summed E-state index contributed by atoms with van der Waals surface area (Å²) in [5.41, 5.74) is 1.16. The summed E-state index contributed by atoms with van der Waals surface area (Å²) in [5, 5.41) is 4.67. The van der Waals surface area contributed by atoms with Gasteiger partial charge in [0.15, 0.2) is 17.1 Å². The van der Waals surface area contributed by atoms with Crippen molar-refractivity contribution in [2.75, 3.05) is 6.61 Å². The second kappa shape index (κ2) is 8.27. The third-order valence-electron chi connectivity index (χ3n) is 6.77. The van der Waals surface area contributed by atoms with E-state index in [9.17, 15) is 4.39 Å². The van der Waals surface area contributed by atoms with Gasteiger partial charge >= 0.3 is 0 Å². The minimum absolute atomic E-state index is 0.0235. The standard InChI is InChI=1S/C25H23ClF2N6O/c1-13-14(2)31-23-22(30-13)21(18-6-3-16(26)9-19(18)27)32-24(33-23)25(28)7-8-35-20(10-25)15-11-29-34(12-15)17-4-5-17/h3,6,9,11-12,17,20H,4-5,7-8,10H2,1-2H3/t20-,25-/m1/s1. The summed E-state index contributed by atoms with van der Waals surface area (Å²) < 4.78 is 39.4. The number of aryl methyl sites for hydroxylation is 2. The first kappa shape index (κ1) is 22.4. The van der Waals surface area contributed by atoms with Crippen molar-refractivity contribution in [2.45, 2.75) is 57.3 Å². The average Bonchev–Trinajstić information content (AvgIpc) is 3.56. The van der Waals surface area contributed by atoms with Crippen LogP contribution in [0.25, 0.3) is 22.4 Å². The molecule has 1 saturated carbocycles. The van der Waals surface area contributed by atoms with Crippen LogP contribution in [0.15, 0.2) is 30.6 Å². The Balaban J connectivity index is 1.45. The van der Waals surface area contributed by atoms with Gasteiger partial charge in [-0.2, -0.15) is 5.10 Å². The number of nitrogens with zero attached hydrogens (tertiary/aromatic N) is 6. The summed E-state index contributed by atoms with van der Waals surface area (Å²) >= 11 is 5.96. The van der Waals surface area contributed by atoms with Crippen molar-refractivity contribution in [3.8, 4) is 11.3 Å². The molecule has 0 unspecified atom stereocenters. The lowest BCUT2D eigenvalue weighted by Crippen LogP contribution is -2.33. The molecule has 35 heavy (non-hydrogen) atoms. The van der Waals surface area contributed by atoms with Crippen LogP contribution in [0.3, 0.4) is 0 Å². The predicted molar refractivity (Wildman–Crippen MR) is 126 cm³/mol. The number of benzene rings is 1. The molecule has 1 aliphatic carbocycles. The molecule has 0 radical (unpaired) electrons. The van der Waals surface area contributed by atoms with Crippen molar-refractivity contribution in [2.24, 2.45) is 0 Å². The molecule has 7 nitrogen and oxygen atoms in total. The van der Waals surface area contributed by atoms with E-state index in [1.807, 2.05) is 10.9 Å². The van der Waals surface area contributed by atoms with Gasteiger partial charge in [0.2, 0.25) is 0 Å². The molecule has 0 amide bonds. The number of aromatic nitrogens is 6. The Morgan fingerprint density at radius 3 is 2.69 bits per heavy atom. The average molecular weight is 497 g/mol. The lowest BCUT2D eigenvalue weighted by molar-refractivity contribution is -0.0715. The molecule has 4 aromatic rings. The molecule has 1 aliphatic heterocycles. The minimum atomic E-state index is -1.89. The van der Waals surface area contributed by atoms with Gasteiger partial charge in [-0.1, -0.05) is 11.6 Å². The van der Waals surface area contributed by atoms with E-state index in [-0.39, 0.29) is 47.2 Å². The van der Waals surface area contributed by atoms with Crippen LogP contribution in [-0.2, 0) is 10.4 Å². The third-order valence-corrected chi connectivity index (χ3v) is 7.01. The molecule has 3 aromatic heterocycles. The maximum absolute atomic E-state index is 16.6. The van der Waals surface area contributed by atoms with E-state index in [1.54, 1.807) is 26.1 Å². The second-order valence-corrected chi connectivity index (χ2v) is 9.79. The highest BCUT2D eigenvalue weighted by molar-refractivity contribution is 6.30. The zero-order valence-corrected chi connectivity index (χ0v) is 20.1. The molecule has 0 N–H and O–H groups in total. The number of hydrogen-bond donors (Lipinski definition) is 0. The zero-order valence-electron chi connectivity index (χ0n) is 19.3. The first-order valence-corrected chi connectivity index (χ1v) is 12.0. The maximum atomic E-state index is 16.6. The summed E-state index contributed by atoms with van der Waals surface area (Å²) in [6.45, 7) is 3.80. The van der Waals surface area contributed by atoms with Crippen LogP contribution < -0.4 is 0 Å². The summed E-state index contributed by atoms with van der Waals surface area (Å²) in [6.07, 6.45) is 5.50. The van der Waals surface area contributed by atoms with Crippen LogP contribution in [0.4, 0.5) is 8.78 Å². The Hall–Kier alpha value is -3.04. The highest BCUT2D eigenvalue weighted by Gasteiger charge is 2.43. The van der Waals surface area contributed by atoms with E-state index in [1.165, 1.54) is 12.1 Å². The van der Waals surface area contributed by atoms with Gasteiger partial charge in [-0.3, -0.25) is 4.68 Å². The van der Waals surface area contributed by atoms with Gasteiger partial charge in [0, 0.05) is 35.2 Å². The lowest BCUT2D eigenvalue weighted by Gasteiger charge is -2.33. The number of hydrogen-bond acceptors (Lipinski definition) is 6. The van der Waals surface area contributed by atoms with Gasteiger partial charge in [-0.25, -0.2) is 28.7 Å². The van der Waals surface area contributed by atoms with Crippen LogP contribution in [0, 0.1) is 19.7 Å². The van der Waals surface area contributed by atoms with Crippen LogP contribution in [0.1, 0.15) is 60.6 Å². The molecule has 2 fully saturated rings. The van der Waals surface area contributed by atoms with Crippen molar-refractivity contribution >= 4 is 22.8 Å². The third kappa shape index (κ3) is 4.06. The molecule has 4 heterocycles. The Bertz CT molecular complexity index is 1460. The molecule has 2 aliphatic rings. The van der Waals surface area contributed by atoms with Gasteiger partial charge in [-0.05, 0) is 44.9 Å². The molecule has 0 spiro atoms. The minimum Gasteiger partial charge on any atom is -0.373 e. The van der Waals surface area contributed by atoms with Gasteiger partial charge in [0.25, 0.3) is 0 Å². The Morgan fingerprint density at radius 2 is 1.91 bits per heavy atom. The van der Waals surface area contributed by atoms with Crippen LogP contribution >= 0.6 is 11.6 Å². The fourth-order valence-corrected chi connectivity index (χ4v) is 4.63. The van der Waals surface area contributed by atoms with Crippen molar-refractivity contribution in [1.82, 2.24) is 29.7 Å². The van der Waals surface area contributed by atoms with E-state index in [0.717, 1.165) is 18.4 Å². The zero-order chi connectivity index (χ0) is 24.3. The Morgan fingerprint density at radius 1 is 1.11 bits per heavy atom. The van der Waals surface area contributed by atoms with Crippen molar-refractivity contribution in [3.05, 3.63) is 64.2 Å². The van der Waals surface area contributed by atoms with Gasteiger partial charge in [-0.15, -0.1) is 0 Å². The first-order chi connectivity index (χ1) is 16.8. The van der Waals surface area contributed by atoms with Crippen LogP contribution in [0.5, 0.6) is 0 Å². The lowest BCUT2D eigenvalue weighted by atomic mass is 9.89. The van der Waals surface area contributed by atoms with E-state index in [4.69, 9.17) is 16.3 Å². The molecular weight excluding hydrogens is 474 g/mol. The molecule has 1 aromatic carbocycles. The number of rotatable bonds is 4. The van der Waals surface area contributed by atoms with Gasteiger partial charge in [0.05, 0.1) is 36.3 Å². The molecule has 180 valence electrons. The fourth-order valence-electron chi connectivity index (χ4n) is 4.47. The van der Waals surface area contributed by atoms with E-state index in [0.29, 0.717) is 22.9 Å². The van der Waals surface area contributed by atoms with Gasteiger partial charge in [0.1, 0.15) is 17.0 Å². The maximum Gasteiger partial charge on any atom is 0.182 e. The SMILES string of the molecule is Cc1nc2nc([C@@]3(F)CCO[C@@H](c4cnn(C5CC5)c4)C3)nc(-c3ccc(Cl)cc3F)c2nc1C. The van der Waals surface area contributed by atoms with Crippen molar-refractivity contribution in [1.29, 1.82) is 0 Å². The first-order valence-electron chi connectivity index (χ1n) is 11.6. The number of fused-ring (bicyclic) bond motifs is 1. The highest BCUT2D eigenvalue weighted by atomic mass is 35.5. The topological polar surface area (TPSA) is 78.6 Å². The Kier molecular flexibility index (Phi) is 5.30. The molecule has 6 rings (SSSR count). The smallest absolute Gasteiger partial charge is 0.182 e. The quantitative estimate of drug-likeness (QED) is 0.358. The summed E-state index contributed by atoms with van der Waals surface area (Å²) in [7, 11) is 0. The fraction of sp³-hybridized carbons (Fsp3) is 0.400. The molecule has 2 atom stereocenters. The number of halogens is 3. The predicted octanol–water partition coefficient (Wildman–Crippen LogP) is 5.74. The monoisotopic (exact) mass is 496 g/mol. The molecule has 1 saturated heterocycles. The van der Waals surface area contributed by atoms with Crippen molar-refractivity contribution in [3.63, 3.8) is 0 Å². The summed E-state index contributed by atoms with van der Waals surface area (Å²) in [4.78, 5) is 18.1. The summed E-state index contributed by atoms with van der Waals surface area (Å²) in [6, 6.07) is 4.71. The van der Waals surface area contributed by atoms with Gasteiger partial charge < -0.3 is 4.74 Å². The van der Waals surface area contributed by atoms with E-state index in [2.05, 4.69) is 25.0 Å². The van der Waals surface area contributed by atoms with E-state index >= 15 is 4.39 Å². The molecule has 0 bridgehead atoms. The molecule has 10 heteroatoms. The summed E-state index contributed by atoms with van der Waals surface area (Å²) in [5.74, 6) is -0.622. The molecular formula is C25H23ClF2N6O. The normalized spacial score (nSPS) is 22.6. The Labute approximate surface area is 205 Å². The highest BCUT2D eigenvalue weighted by Crippen LogP contribution is 2.44. The number of alkyl halides is 1. The largest absolute Gasteiger partial charge is 0.373 e. The van der Waals surface area contributed by atoms with E-state index < -0.39 is 17.6 Å².